The molecule has 5 heteroatoms. The quantitative estimate of drug-likeness (QED) is 0.184. The molecule has 11 aromatic rings. The molecule has 8 aromatic carbocycles. The molecule has 11 rings (SSSR count). The Morgan fingerprint density at radius 2 is 0.855 bits per heavy atom. The van der Waals surface area contributed by atoms with Crippen LogP contribution in [0, 0.1) is 22.7 Å². The number of rotatable bonds is 4. The fourth-order valence-corrected chi connectivity index (χ4v) is 8.83. The van der Waals surface area contributed by atoms with Crippen LogP contribution in [0.1, 0.15) is 11.1 Å². The predicted molar refractivity (Wildman–Crippen MR) is 224 cm³/mol. The van der Waals surface area contributed by atoms with Gasteiger partial charge in [-0.15, -0.1) is 0 Å². The molecule has 0 N–H and O–H groups in total. The van der Waals surface area contributed by atoms with Gasteiger partial charge in [0.15, 0.2) is 0 Å². The first-order valence-corrected chi connectivity index (χ1v) is 18.3. The van der Waals surface area contributed by atoms with Gasteiger partial charge in [0.1, 0.15) is 6.07 Å². The zero-order valence-electron chi connectivity index (χ0n) is 29.5. The molecule has 0 fully saturated rings. The second kappa shape index (κ2) is 11.8. The number of hydrogen-bond acceptors (Lipinski definition) is 2. The number of nitrogens with zero attached hydrogens (tertiary/aromatic N) is 5. The highest BCUT2D eigenvalue weighted by Gasteiger charge is 2.22. The lowest BCUT2D eigenvalue weighted by atomic mass is 10.00. The van der Waals surface area contributed by atoms with Gasteiger partial charge in [-0.1, -0.05) is 103 Å². The Kier molecular flexibility index (Phi) is 6.61. The first kappa shape index (κ1) is 30.7. The maximum atomic E-state index is 10.7. The van der Waals surface area contributed by atoms with E-state index in [1.54, 1.807) is 0 Å². The summed E-state index contributed by atoms with van der Waals surface area (Å²) in [7, 11) is 0. The van der Waals surface area contributed by atoms with E-state index in [2.05, 4.69) is 184 Å². The van der Waals surface area contributed by atoms with Crippen molar-refractivity contribution in [2.24, 2.45) is 0 Å². The first-order valence-electron chi connectivity index (χ1n) is 18.3. The molecule has 0 unspecified atom stereocenters. The van der Waals surface area contributed by atoms with Gasteiger partial charge in [0, 0.05) is 37.9 Å². The van der Waals surface area contributed by atoms with Gasteiger partial charge in [0.05, 0.1) is 67.4 Å². The smallest absolute Gasteiger partial charge is 0.101 e. The van der Waals surface area contributed by atoms with Gasteiger partial charge in [-0.2, -0.15) is 10.5 Å². The summed E-state index contributed by atoms with van der Waals surface area (Å²) >= 11 is 0. The molecule has 0 atom stereocenters. The first-order chi connectivity index (χ1) is 27.2. The SMILES string of the molecule is N#Cc1ccc2c(c1)c1ccccc1n2-c1cccc2c1c1ccccc1n2-c1ccccc1-c1ccc(-n2c3ccccc3c3ccccc32)c(C#N)c1. The monoisotopic (exact) mass is 699 g/mol. The van der Waals surface area contributed by atoms with Crippen molar-refractivity contribution >= 4 is 65.4 Å². The van der Waals surface area contributed by atoms with Crippen molar-refractivity contribution in [1.29, 1.82) is 10.5 Å². The molecular formula is C50H29N5. The van der Waals surface area contributed by atoms with Gasteiger partial charge in [-0.25, -0.2) is 0 Å². The number of nitriles is 2. The van der Waals surface area contributed by atoms with Crippen LogP contribution in [-0.2, 0) is 0 Å². The van der Waals surface area contributed by atoms with Crippen molar-refractivity contribution in [2.45, 2.75) is 0 Å². The molecule has 0 radical (unpaired) electrons. The third-order valence-corrected chi connectivity index (χ3v) is 11.1. The van der Waals surface area contributed by atoms with Crippen molar-refractivity contribution in [3.05, 3.63) is 187 Å². The van der Waals surface area contributed by atoms with Gasteiger partial charge in [-0.3, -0.25) is 0 Å². The lowest BCUT2D eigenvalue weighted by Crippen LogP contribution is -2.00. The Morgan fingerprint density at radius 3 is 1.53 bits per heavy atom. The third kappa shape index (κ3) is 4.39. The maximum absolute atomic E-state index is 10.7. The number of para-hydroxylation sites is 5. The van der Waals surface area contributed by atoms with E-state index in [-0.39, 0.29) is 0 Å². The van der Waals surface area contributed by atoms with E-state index in [9.17, 15) is 10.5 Å². The van der Waals surface area contributed by atoms with Crippen LogP contribution in [0.3, 0.4) is 0 Å². The lowest BCUT2D eigenvalue weighted by Gasteiger charge is -2.16. The van der Waals surface area contributed by atoms with Crippen LogP contribution in [0.15, 0.2) is 176 Å². The minimum Gasteiger partial charge on any atom is -0.309 e. The van der Waals surface area contributed by atoms with Crippen molar-refractivity contribution in [3.8, 4) is 40.3 Å². The largest absolute Gasteiger partial charge is 0.309 e. The van der Waals surface area contributed by atoms with E-state index < -0.39 is 0 Å². The van der Waals surface area contributed by atoms with E-state index in [0.29, 0.717) is 11.1 Å². The van der Waals surface area contributed by atoms with E-state index in [1.807, 2.05) is 18.2 Å². The normalized spacial score (nSPS) is 11.6. The summed E-state index contributed by atoms with van der Waals surface area (Å²) in [5, 5.41) is 27.2. The summed E-state index contributed by atoms with van der Waals surface area (Å²) in [6, 6.07) is 65.9. The topological polar surface area (TPSA) is 62.4 Å². The minimum atomic E-state index is 0.606. The van der Waals surface area contributed by atoms with Crippen LogP contribution >= 0.6 is 0 Å². The van der Waals surface area contributed by atoms with Crippen molar-refractivity contribution in [3.63, 3.8) is 0 Å². The second-order valence-electron chi connectivity index (χ2n) is 14.0. The van der Waals surface area contributed by atoms with E-state index in [4.69, 9.17) is 0 Å². The van der Waals surface area contributed by atoms with E-state index >= 15 is 0 Å². The van der Waals surface area contributed by atoms with Gasteiger partial charge >= 0.3 is 0 Å². The number of benzene rings is 8. The van der Waals surface area contributed by atoms with Crippen LogP contribution in [-0.4, -0.2) is 13.7 Å². The summed E-state index contributed by atoms with van der Waals surface area (Å²) in [6.07, 6.45) is 0. The van der Waals surface area contributed by atoms with E-state index in [1.165, 1.54) is 0 Å². The molecule has 0 spiro atoms. The third-order valence-electron chi connectivity index (χ3n) is 11.1. The second-order valence-corrected chi connectivity index (χ2v) is 14.0. The lowest BCUT2D eigenvalue weighted by molar-refractivity contribution is 1.16. The highest BCUT2D eigenvalue weighted by atomic mass is 15.0. The summed E-state index contributed by atoms with van der Waals surface area (Å²) in [5.41, 5.74) is 12.7. The molecule has 3 heterocycles. The van der Waals surface area contributed by atoms with Gasteiger partial charge in [-0.05, 0) is 78.4 Å². The predicted octanol–water partition coefficient (Wildman–Crippen LogP) is 12.4. The van der Waals surface area contributed by atoms with Crippen LogP contribution in [0.4, 0.5) is 0 Å². The molecular weight excluding hydrogens is 671 g/mol. The maximum Gasteiger partial charge on any atom is 0.101 e. The summed E-state index contributed by atoms with van der Waals surface area (Å²) in [5.74, 6) is 0. The molecule has 0 bridgehead atoms. The molecule has 0 aliphatic carbocycles. The number of hydrogen-bond donors (Lipinski definition) is 0. The zero-order valence-corrected chi connectivity index (χ0v) is 29.5. The Hall–Kier alpha value is -7.86. The summed E-state index contributed by atoms with van der Waals surface area (Å²) < 4.78 is 6.91. The van der Waals surface area contributed by atoms with Crippen molar-refractivity contribution in [1.82, 2.24) is 13.7 Å². The number of aromatic nitrogens is 3. The van der Waals surface area contributed by atoms with Crippen LogP contribution in [0.2, 0.25) is 0 Å². The molecule has 0 amide bonds. The van der Waals surface area contributed by atoms with Gasteiger partial charge in [0.25, 0.3) is 0 Å². The average Bonchev–Trinajstić information content (AvgIpc) is 3.89. The minimum absolute atomic E-state index is 0.606. The standard InChI is InChI=1S/C50H29N5/c51-30-32-24-26-47-40(28-32)38-15-4-9-20-45(38)55(47)49-23-11-22-48-50(49)39-16-5-10-21-46(39)54(48)42-17-6-1-12-35(42)33-25-27-41(34(29-33)31-52)53-43-18-7-2-13-36(43)37-14-3-8-19-44(37)53/h1-29H. The molecule has 0 aliphatic rings. The Morgan fingerprint density at radius 1 is 0.345 bits per heavy atom. The van der Waals surface area contributed by atoms with Gasteiger partial charge in [0.2, 0.25) is 0 Å². The fourth-order valence-electron chi connectivity index (χ4n) is 8.83. The fraction of sp³-hybridized carbons (Fsp3) is 0. The highest BCUT2D eigenvalue weighted by Crippen LogP contribution is 2.42. The van der Waals surface area contributed by atoms with Crippen LogP contribution in [0.5, 0.6) is 0 Å². The molecule has 3 aromatic heterocycles. The molecule has 5 nitrogen and oxygen atoms in total. The molecule has 55 heavy (non-hydrogen) atoms. The zero-order chi connectivity index (χ0) is 36.6. The summed E-state index contributed by atoms with van der Waals surface area (Å²) in [4.78, 5) is 0. The summed E-state index contributed by atoms with van der Waals surface area (Å²) in [6.45, 7) is 0. The molecule has 254 valence electrons. The molecule has 0 saturated heterocycles. The van der Waals surface area contributed by atoms with Crippen molar-refractivity contribution < 1.29 is 0 Å². The highest BCUT2D eigenvalue weighted by molar-refractivity contribution is 6.17. The Labute approximate surface area is 316 Å². The Balaban J connectivity index is 1.15. The van der Waals surface area contributed by atoms with E-state index in [0.717, 1.165) is 93.6 Å². The Bertz CT molecular complexity index is 3420. The van der Waals surface area contributed by atoms with Crippen molar-refractivity contribution in [2.75, 3.05) is 0 Å². The molecule has 0 saturated carbocycles. The molecule has 0 aliphatic heterocycles. The number of fused-ring (bicyclic) bond motifs is 9. The van der Waals surface area contributed by atoms with Crippen LogP contribution < -0.4 is 0 Å². The average molecular weight is 700 g/mol. The van der Waals surface area contributed by atoms with Gasteiger partial charge < -0.3 is 13.7 Å². The van der Waals surface area contributed by atoms with Crippen LogP contribution in [0.25, 0.3) is 93.6 Å².